The van der Waals surface area contributed by atoms with Crippen molar-refractivity contribution in [3.05, 3.63) is 66.2 Å². The maximum absolute atomic E-state index is 10.7. The molecular formula is C15H15NO2S. The van der Waals surface area contributed by atoms with Crippen LogP contribution in [-0.4, -0.2) is 16.8 Å². The third kappa shape index (κ3) is 4.34. The van der Waals surface area contributed by atoms with Crippen LogP contribution >= 0.6 is 11.8 Å². The van der Waals surface area contributed by atoms with Gasteiger partial charge in [-0.15, -0.1) is 11.8 Å². The van der Waals surface area contributed by atoms with Crippen molar-refractivity contribution in [2.75, 3.05) is 11.1 Å². The fourth-order valence-electron chi connectivity index (χ4n) is 1.69. The molecule has 0 aromatic heterocycles. The smallest absolute Gasteiger partial charge is 0.313 e. The van der Waals surface area contributed by atoms with Crippen LogP contribution in [0.25, 0.3) is 0 Å². The van der Waals surface area contributed by atoms with E-state index in [-0.39, 0.29) is 11.1 Å². The van der Waals surface area contributed by atoms with Crippen LogP contribution in [0.4, 0.5) is 5.69 Å². The Bertz CT molecular complexity index is 516. The number of rotatable bonds is 6. The Labute approximate surface area is 116 Å². The van der Waals surface area contributed by atoms with Gasteiger partial charge in [-0.25, -0.2) is 0 Å². The first-order chi connectivity index (χ1) is 9.25. The van der Waals surface area contributed by atoms with E-state index < -0.39 is 5.97 Å². The lowest BCUT2D eigenvalue weighted by Crippen LogP contribution is -2.10. The largest absolute Gasteiger partial charge is 0.481 e. The Balaban J connectivity index is 2.12. The van der Waals surface area contributed by atoms with Crippen molar-refractivity contribution < 1.29 is 9.90 Å². The van der Waals surface area contributed by atoms with Crippen molar-refractivity contribution in [2.45, 2.75) is 5.37 Å². The van der Waals surface area contributed by atoms with Crippen LogP contribution in [0.1, 0.15) is 10.9 Å². The van der Waals surface area contributed by atoms with Crippen LogP contribution in [0.3, 0.4) is 0 Å². The number of carboxylic acid groups (broad SMARTS) is 1. The van der Waals surface area contributed by atoms with E-state index in [9.17, 15) is 4.79 Å². The average molecular weight is 273 g/mol. The molecule has 2 aromatic carbocycles. The third-order valence-electron chi connectivity index (χ3n) is 2.55. The topological polar surface area (TPSA) is 49.3 Å². The Morgan fingerprint density at radius 3 is 2.21 bits per heavy atom. The number of thioether (sulfide) groups is 1. The van der Waals surface area contributed by atoms with Gasteiger partial charge in [0, 0.05) is 5.69 Å². The van der Waals surface area contributed by atoms with E-state index in [2.05, 4.69) is 5.32 Å². The molecule has 2 rings (SSSR count). The van der Waals surface area contributed by atoms with Gasteiger partial charge >= 0.3 is 5.97 Å². The summed E-state index contributed by atoms with van der Waals surface area (Å²) in [5, 5.41) is 12.1. The SMILES string of the molecule is O=C(O)CSC(Nc1ccccc1)c1ccccc1. The zero-order valence-corrected chi connectivity index (χ0v) is 11.1. The standard InChI is InChI=1S/C15H15NO2S/c17-14(18)11-19-15(12-7-3-1-4-8-12)16-13-9-5-2-6-10-13/h1-10,15-16H,11H2,(H,17,18). The first-order valence-corrected chi connectivity index (χ1v) is 7.00. The fraction of sp³-hybridized carbons (Fsp3) is 0.133. The van der Waals surface area contributed by atoms with Crippen molar-refractivity contribution in [2.24, 2.45) is 0 Å². The monoisotopic (exact) mass is 273 g/mol. The molecule has 0 amide bonds. The minimum Gasteiger partial charge on any atom is -0.481 e. The van der Waals surface area contributed by atoms with Gasteiger partial charge in [-0.3, -0.25) is 4.79 Å². The van der Waals surface area contributed by atoms with Crippen molar-refractivity contribution >= 4 is 23.4 Å². The molecule has 3 nitrogen and oxygen atoms in total. The number of carboxylic acids is 1. The summed E-state index contributed by atoms with van der Waals surface area (Å²) in [5.41, 5.74) is 2.05. The van der Waals surface area contributed by atoms with Gasteiger partial charge < -0.3 is 10.4 Å². The molecule has 2 N–H and O–H groups in total. The van der Waals surface area contributed by atoms with Crippen molar-refractivity contribution in [3.63, 3.8) is 0 Å². The van der Waals surface area contributed by atoms with Gasteiger partial charge in [-0.05, 0) is 17.7 Å². The first-order valence-electron chi connectivity index (χ1n) is 5.95. The van der Waals surface area contributed by atoms with Crippen LogP contribution in [0, 0.1) is 0 Å². The van der Waals surface area contributed by atoms with Gasteiger partial charge in [0.05, 0.1) is 11.1 Å². The predicted octanol–water partition coefficient (Wildman–Crippen LogP) is 3.62. The Hall–Kier alpha value is -1.94. The second-order valence-corrected chi connectivity index (χ2v) is 5.10. The van der Waals surface area contributed by atoms with Crippen molar-refractivity contribution in [3.8, 4) is 0 Å². The van der Waals surface area contributed by atoms with Gasteiger partial charge in [0.2, 0.25) is 0 Å². The quantitative estimate of drug-likeness (QED) is 0.789. The van der Waals surface area contributed by atoms with Gasteiger partial charge in [0.15, 0.2) is 0 Å². The number of carbonyl (C=O) groups is 1. The lowest BCUT2D eigenvalue weighted by atomic mass is 10.2. The summed E-state index contributed by atoms with van der Waals surface area (Å²) >= 11 is 1.37. The molecule has 1 unspecified atom stereocenters. The molecule has 0 heterocycles. The maximum atomic E-state index is 10.7. The molecule has 0 aliphatic carbocycles. The number of aliphatic carboxylic acids is 1. The molecule has 0 saturated carbocycles. The zero-order valence-electron chi connectivity index (χ0n) is 10.3. The summed E-state index contributed by atoms with van der Waals surface area (Å²) in [4.78, 5) is 10.7. The summed E-state index contributed by atoms with van der Waals surface area (Å²) < 4.78 is 0. The predicted molar refractivity (Wildman–Crippen MR) is 79.3 cm³/mol. The fourth-order valence-corrected chi connectivity index (χ4v) is 2.57. The number of para-hydroxylation sites is 1. The summed E-state index contributed by atoms with van der Waals surface area (Å²) in [6, 6.07) is 19.6. The molecule has 0 aliphatic rings. The van der Waals surface area contributed by atoms with Crippen molar-refractivity contribution in [1.82, 2.24) is 0 Å². The summed E-state index contributed by atoms with van der Waals surface area (Å²) in [6.07, 6.45) is 0. The highest BCUT2D eigenvalue weighted by Gasteiger charge is 2.13. The van der Waals surface area contributed by atoms with E-state index in [0.717, 1.165) is 11.3 Å². The third-order valence-corrected chi connectivity index (χ3v) is 3.68. The molecule has 1 atom stereocenters. The highest BCUT2D eigenvalue weighted by atomic mass is 32.2. The number of benzene rings is 2. The number of nitrogens with one attached hydrogen (secondary N) is 1. The molecule has 2 aromatic rings. The van der Waals surface area contributed by atoms with Crippen LogP contribution < -0.4 is 5.32 Å². The summed E-state index contributed by atoms with van der Waals surface area (Å²) in [6.45, 7) is 0. The van der Waals surface area contributed by atoms with Crippen LogP contribution in [-0.2, 0) is 4.79 Å². The second-order valence-electron chi connectivity index (χ2n) is 4.01. The van der Waals surface area contributed by atoms with Gasteiger partial charge in [-0.2, -0.15) is 0 Å². The van der Waals surface area contributed by atoms with Crippen LogP contribution in [0.2, 0.25) is 0 Å². The van der Waals surface area contributed by atoms with E-state index in [1.54, 1.807) is 0 Å². The van der Waals surface area contributed by atoms with E-state index in [1.807, 2.05) is 60.7 Å². The second kappa shape index (κ2) is 6.85. The molecule has 4 heteroatoms. The normalized spacial score (nSPS) is 11.8. The number of anilines is 1. The van der Waals surface area contributed by atoms with E-state index in [1.165, 1.54) is 11.8 Å². The molecule has 0 aliphatic heterocycles. The van der Waals surface area contributed by atoms with Gasteiger partial charge in [0.1, 0.15) is 0 Å². The summed E-state index contributed by atoms with van der Waals surface area (Å²) in [7, 11) is 0. The number of hydrogen-bond donors (Lipinski definition) is 2. The van der Waals surface area contributed by atoms with Crippen molar-refractivity contribution in [1.29, 1.82) is 0 Å². The minimum absolute atomic E-state index is 0.0688. The van der Waals surface area contributed by atoms with Crippen LogP contribution in [0.5, 0.6) is 0 Å². The van der Waals surface area contributed by atoms with Gasteiger partial charge in [-0.1, -0.05) is 48.5 Å². The molecule has 0 saturated heterocycles. The molecular weight excluding hydrogens is 258 g/mol. The molecule has 0 spiro atoms. The van der Waals surface area contributed by atoms with E-state index in [4.69, 9.17) is 5.11 Å². The minimum atomic E-state index is -0.805. The molecule has 0 fully saturated rings. The highest BCUT2D eigenvalue weighted by molar-refractivity contribution is 8.00. The average Bonchev–Trinajstić information content (AvgIpc) is 2.45. The lowest BCUT2D eigenvalue weighted by Gasteiger charge is -2.19. The van der Waals surface area contributed by atoms with Gasteiger partial charge in [0.25, 0.3) is 0 Å². The molecule has 19 heavy (non-hydrogen) atoms. The maximum Gasteiger partial charge on any atom is 0.313 e. The van der Waals surface area contributed by atoms with E-state index in [0.29, 0.717) is 0 Å². The Morgan fingerprint density at radius 2 is 1.63 bits per heavy atom. The van der Waals surface area contributed by atoms with E-state index >= 15 is 0 Å². The number of hydrogen-bond acceptors (Lipinski definition) is 3. The summed E-state index contributed by atoms with van der Waals surface area (Å²) in [5.74, 6) is -0.736. The highest BCUT2D eigenvalue weighted by Crippen LogP contribution is 2.29. The molecule has 98 valence electrons. The Morgan fingerprint density at radius 1 is 1.05 bits per heavy atom. The van der Waals surface area contributed by atoms with Crippen LogP contribution in [0.15, 0.2) is 60.7 Å². The molecule has 0 bridgehead atoms. The Kier molecular flexibility index (Phi) is 4.86. The first kappa shape index (κ1) is 13.5. The molecule has 0 radical (unpaired) electrons. The zero-order chi connectivity index (χ0) is 13.5. The lowest BCUT2D eigenvalue weighted by molar-refractivity contribution is -0.133.